The molecule has 3 aromatic heterocycles. The number of pyridine rings is 2. The molecule has 0 amide bonds. The van der Waals surface area contributed by atoms with E-state index in [1.54, 1.807) is 0 Å². The van der Waals surface area contributed by atoms with Gasteiger partial charge in [-0.2, -0.15) is 0 Å². The van der Waals surface area contributed by atoms with Crippen LogP contribution in [0.2, 0.25) is 0 Å². The SMILES string of the molecule is CC(C)Cc1coc2cc(-c3ccnc(-c4[c-]c5ccccc5c(C(C)(C)C)c4)c3)cnc12.CCC(CC)C(=O)/C=C(\O)C(CC)CC.[Ir]. The normalized spacial score (nSPS) is 12.0. The number of aliphatic hydroxyl groups is 1. The quantitative estimate of drug-likeness (QED) is 0.0815. The van der Waals surface area contributed by atoms with E-state index in [1.165, 1.54) is 22.6 Å². The molecule has 5 rings (SSSR count). The summed E-state index contributed by atoms with van der Waals surface area (Å²) >= 11 is 0. The Hall–Kier alpha value is -3.60. The van der Waals surface area contributed by atoms with Crippen molar-refractivity contribution in [3.63, 3.8) is 0 Å². The zero-order chi connectivity index (χ0) is 35.0. The number of aliphatic hydroxyl groups excluding tert-OH is 1. The smallest absolute Gasteiger partial charge is 0.162 e. The van der Waals surface area contributed by atoms with Crippen LogP contribution in [0.4, 0.5) is 0 Å². The predicted octanol–water partition coefficient (Wildman–Crippen LogP) is 11.9. The molecule has 5 aromatic rings. The summed E-state index contributed by atoms with van der Waals surface area (Å²) in [6.45, 7) is 19.2. The van der Waals surface area contributed by atoms with Crippen molar-refractivity contribution < 1.29 is 34.4 Å². The van der Waals surface area contributed by atoms with E-state index in [2.05, 4.69) is 88.1 Å². The molecule has 2 aromatic carbocycles. The maximum absolute atomic E-state index is 11.7. The molecule has 263 valence electrons. The van der Waals surface area contributed by atoms with E-state index in [9.17, 15) is 9.90 Å². The summed E-state index contributed by atoms with van der Waals surface area (Å²) in [5.74, 6) is 1.11. The van der Waals surface area contributed by atoms with Gasteiger partial charge in [0, 0.05) is 67.2 Å². The first-order chi connectivity index (χ1) is 22.9. The summed E-state index contributed by atoms with van der Waals surface area (Å²) in [5, 5.41) is 12.1. The van der Waals surface area contributed by atoms with Gasteiger partial charge in [-0.1, -0.05) is 97.5 Å². The van der Waals surface area contributed by atoms with Gasteiger partial charge in [-0.3, -0.25) is 14.8 Å². The van der Waals surface area contributed by atoms with Crippen LogP contribution in [0.25, 0.3) is 44.3 Å². The van der Waals surface area contributed by atoms with Crippen LogP contribution in [0.15, 0.2) is 83.4 Å². The van der Waals surface area contributed by atoms with Crippen LogP contribution < -0.4 is 0 Å². The van der Waals surface area contributed by atoms with Gasteiger partial charge in [-0.15, -0.1) is 29.1 Å². The summed E-state index contributed by atoms with van der Waals surface area (Å²) in [6.07, 6.45) is 11.5. The van der Waals surface area contributed by atoms with Gasteiger partial charge in [0.15, 0.2) is 11.4 Å². The van der Waals surface area contributed by atoms with Gasteiger partial charge < -0.3 is 9.52 Å². The third-order valence-corrected chi connectivity index (χ3v) is 9.15. The molecule has 0 saturated carbocycles. The number of furan rings is 1. The standard InChI is InChI=1S/C30H29N2O.C13H24O2.Ir/c1-19(2)12-24-18-33-28-16-23(17-32-29(24)28)20-10-11-31-27(15-20)22-13-21-8-6-7-9-25(21)26(14-22)30(3,4)5;1-5-10(6-2)12(14)9-13(15)11(7-3)8-4;/h6-11,14-19H,12H2,1-5H3;9-11,14H,5-8H2,1-4H3;/q-1;;/b;12-9-;. The van der Waals surface area contributed by atoms with E-state index in [-0.39, 0.29) is 48.9 Å². The Balaban J connectivity index is 0.000000347. The van der Waals surface area contributed by atoms with Crippen molar-refractivity contribution >= 4 is 27.7 Å². The number of nitrogens with zero attached hydrogens (tertiary/aromatic N) is 2. The van der Waals surface area contributed by atoms with Crippen LogP contribution in [0.1, 0.15) is 99.1 Å². The first kappa shape index (κ1) is 39.8. The third-order valence-electron chi connectivity index (χ3n) is 9.15. The fourth-order valence-corrected chi connectivity index (χ4v) is 6.23. The van der Waals surface area contributed by atoms with Gasteiger partial charge in [-0.25, -0.2) is 0 Å². The van der Waals surface area contributed by atoms with Crippen molar-refractivity contribution in [1.29, 1.82) is 0 Å². The van der Waals surface area contributed by atoms with Crippen molar-refractivity contribution in [3.8, 4) is 22.4 Å². The summed E-state index contributed by atoms with van der Waals surface area (Å²) in [4.78, 5) is 21.1. The summed E-state index contributed by atoms with van der Waals surface area (Å²) in [5.41, 5.74) is 8.27. The minimum absolute atomic E-state index is 0. The topological polar surface area (TPSA) is 76.2 Å². The van der Waals surface area contributed by atoms with Crippen LogP contribution in [0, 0.1) is 23.8 Å². The number of benzene rings is 2. The number of fused-ring (bicyclic) bond motifs is 2. The van der Waals surface area contributed by atoms with Crippen LogP contribution in [-0.2, 0) is 36.7 Å². The van der Waals surface area contributed by atoms with E-state index in [0.717, 1.165) is 71.0 Å². The zero-order valence-corrected chi connectivity index (χ0v) is 33.1. The monoisotopic (exact) mass is 838 g/mol. The van der Waals surface area contributed by atoms with E-state index in [0.29, 0.717) is 5.92 Å². The molecule has 0 atom stereocenters. The molecule has 0 aliphatic heterocycles. The van der Waals surface area contributed by atoms with Gasteiger partial charge in [0.25, 0.3) is 0 Å². The number of aromatic nitrogens is 2. The Morgan fingerprint density at radius 3 is 2.22 bits per heavy atom. The Morgan fingerprint density at radius 1 is 0.918 bits per heavy atom. The van der Waals surface area contributed by atoms with Crippen LogP contribution in [0.5, 0.6) is 0 Å². The number of hydrogen-bond acceptors (Lipinski definition) is 5. The average Bonchev–Trinajstić information content (AvgIpc) is 3.46. The summed E-state index contributed by atoms with van der Waals surface area (Å²) < 4.78 is 5.84. The van der Waals surface area contributed by atoms with Crippen LogP contribution in [0.3, 0.4) is 0 Å². The van der Waals surface area contributed by atoms with E-state index in [4.69, 9.17) is 9.40 Å². The molecular weight excluding hydrogens is 785 g/mol. The van der Waals surface area contributed by atoms with Crippen LogP contribution in [-0.4, -0.2) is 20.9 Å². The molecule has 0 spiro atoms. The van der Waals surface area contributed by atoms with E-state index in [1.807, 2.05) is 52.4 Å². The van der Waals surface area contributed by atoms with E-state index < -0.39 is 0 Å². The first-order valence-corrected chi connectivity index (χ1v) is 17.6. The molecule has 1 radical (unpaired) electrons. The number of carbonyl (C=O) groups excluding carboxylic acids is 1. The van der Waals surface area contributed by atoms with Crippen molar-refractivity contribution in [1.82, 2.24) is 9.97 Å². The van der Waals surface area contributed by atoms with Gasteiger partial charge in [-0.05, 0) is 61.1 Å². The number of carbonyl (C=O) groups is 1. The second-order valence-corrected chi connectivity index (χ2v) is 14.3. The minimum atomic E-state index is 0. The number of rotatable bonds is 11. The van der Waals surface area contributed by atoms with Gasteiger partial charge in [0.05, 0.1) is 12.0 Å². The van der Waals surface area contributed by atoms with Crippen molar-refractivity contribution in [3.05, 3.63) is 96.2 Å². The number of allylic oxidation sites excluding steroid dienone is 2. The fourth-order valence-electron chi connectivity index (χ4n) is 6.23. The molecule has 5 nitrogen and oxygen atoms in total. The molecule has 0 saturated heterocycles. The van der Waals surface area contributed by atoms with Gasteiger partial charge in [0.1, 0.15) is 5.52 Å². The third kappa shape index (κ3) is 9.99. The summed E-state index contributed by atoms with van der Waals surface area (Å²) in [7, 11) is 0. The molecule has 3 heterocycles. The molecule has 0 aliphatic rings. The molecular formula is C43H53IrN2O3-. The molecule has 0 fully saturated rings. The molecule has 6 heteroatoms. The minimum Gasteiger partial charge on any atom is -0.512 e. The first-order valence-electron chi connectivity index (χ1n) is 17.6. The Kier molecular flexibility index (Phi) is 14.5. The number of ketones is 1. The summed E-state index contributed by atoms with van der Waals surface area (Å²) in [6, 6.07) is 20.5. The van der Waals surface area contributed by atoms with Crippen molar-refractivity contribution in [2.24, 2.45) is 17.8 Å². The van der Waals surface area contributed by atoms with E-state index >= 15 is 0 Å². The molecule has 0 bridgehead atoms. The Morgan fingerprint density at radius 2 is 1.59 bits per heavy atom. The maximum atomic E-state index is 11.7. The van der Waals surface area contributed by atoms with Gasteiger partial charge in [0.2, 0.25) is 0 Å². The van der Waals surface area contributed by atoms with Crippen LogP contribution >= 0.6 is 0 Å². The van der Waals surface area contributed by atoms with Gasteiger partial charge >= 0.3 is 0 Å². The van der Waals surface area contributed by atoms with Crippen molar-refractivity contribution in [2.45, 2.75) is 99.8 Å². The fraction of sp³-hybridized carbons (Fsp3) is 0.419. The number of hydrogen-bond donors (Lipinski definition) is 1. The second-order valence-electron chi connectivity index (χ2n) is 14.3. The predicted molar refractivity (Wildman–Crippen MR) is 200 cm³/mol. The average molecular weight is 838 g/mol. The molecule has 0 aliphatic carbocycles. The largest absolute Gasteiger partial charge is 0.512 e. The Labute approximate surface area is 307 Å². The molecule has 49 heavy (non-hydrogen) atoms. The second kappa shape index (κ2) is 17.9. The molecule has 0 unspecified atom stereocenters. The Bertz CT molecular complexity index is 1860. The molecule has 1 N–H and O–H groups in total. The maximum Gasteiger partial charge on any atom is 0.162 e. The van der Waals surface area contributed by atoms with Crippen molar-refractivity contribution in [2.75, 3.05) is 0 Å². The zero-order valence-electron chi connectivity index (χ0n) is 30.7.